The molecule has 0 saturated heterocycles. The zero-order valence-electron chi connectivity index (χ0n) is 8.19. The molecule has 0 rings (SSSR count). The molecule has 68 valence electrons. The molecule has 0 saturated carbocycles. The van der Waals surface area contributed by atoms with Crippen LogP contribution in [0.25, 0.3) is 0 Å². The molecule has 0 spiro atoms. The Balaban J connectivity index is 3.25. The summed E-state index contributed by atoms with van der Waals surface area (Å²) >= 11 is 0. The summed E-state index contributed by atoms with van der Waals surface area (Å²) in [7, 11) is 2.01. The van der Waals surface area contributed by atoms with Crippen LogP contribution in [0.15, 0.2) is 0 Å². The van der Waals surface area contributed by atoms with E-state index in [0.717, 1.165) is 6.54 Å². The van der Waals surface area contributed by atoms with Gasteiger partial charge in [-0.2, -0.15) is 0 Å². The summed E-state index contributed by atoms with van der Waals surface area (Å²) in [5.41, 5.74) is 0. The van der Waals surface area contributed by atoms with Crippen LogP contribution < -0.4 is 5.32 Å². The van der Waals surface area contributed by atoms with Crippen molar-refractivity contribution in [2.75, 3.05) is 33.2 Å². The maximum absolute atomic E-state index is 3.17. The number of nitrogens with zero attached hydrogens (tertiary/aromatic N) is 1. The normalized spacial score (nSPS) is 10.9. The van der Waals surface area contributed by atoms with Crippen molar-refractivity contribution in [2.24, 2.45) is 0 Å². The third kappa shape index (κ3) is 6.32. The SMILES string of the molecule is CCCCN(CC)CCNC. The molecule has 0 radical (unpaired) electrons. The molecule has 0 unspecified atom stereocenters. The lowest BCUT2D eigenvalue weighted by Crippen LogP contribution is -2.31. The van der Waals surface area contributed by atoms with Crippen LogP contribution in [0.2, 0.25) is 0 Å². The van der Waals surface area contributed by atoms with E-state index in [1.54, 1.807) is 0 Å². The number of rotatable bonds is 7. The zero-order valence-corrected chi connectivity index (χ0v) is 8.19. The number of likely N-dealkylation sites (N-methyl/N-ethyl adjacent to an activating group) is 2. The summed E-state index contributed by atoms with van der Waals surface area (Å²) in [5.74, 6) is 0. The molecule has 0 aromatic rings. The highest BCUT2D eigenvalue weighted by Gasteiger charge is 1.98. The van der Waals surface area contributed by atoms with Gasteiger partial charge in [0, 0.05) is 13.1 Å². The molecule has 0 aromatic carbocycles. The summed E-state index contributed by atoms with van der Waals surface area (Å²) < 4.78 is 0. The second-order valence-corrected chi connectivity index (χ2v) is 2.89. The summed E-state index contributed by atoms with van der Waals surface area (Å²) in [6.45, 7) is 9.21. The molecule has 0 atom stereocenters. The maximum atomic E-state index is 3.17. The Bertz CT molecular complexity index is 66.0. The van der Waals surface area contributed by atoms with Gasteiger partial charge < -0.3 is 10.2 Å². The van der Waals surface area contributed by atoms with Gasteiger partial charge in [-0.05, 0) is 26.6 Å². The predicted molar refractivity (Wildman–Crippen MR) is 50.9 cm³/mol. The summed E-state index contributed by atoms with van der Waals surface area (Å²) in [6, 6.07) is 0. The third-order valence-corrected chi connectivity index (χ3v) is 1.95. The Morgan fingerprint density at radius 3 is 2.36 bits per heavy atom. The Hall–Kier alpha value is -0.0800. The van der Waals surface area contributed by atoms with E-state index < -0.39 is 0 Å². The van der Waals surface area contributed by atoms with E-state index in [0.29, 0.717) is 0 Å². The van der Waals surface area contributed by atoms with Crippen molar-refractivity contribution in [3.05, 3.63) is 0 Å². The molecule has 0 heterocycles. The van der Waals surface area contributed by atoms with Crippen LogP contribution >= 0.6 is 0 Å². The van der Waals surface area contributed by atoms with Gasteiger partial charge in [0.2, 0.25) is 0 Å². The molecule has 0 aliphatic rings. The zero-order chi connectivity index (χ0) is 8.53. The molecule has 2 nitrogen and oxygen atoms in total. The molecule has 0 aliphatic carbocycles. The number of unbranched alkanes of at least 4 members (excludes halogenated alkanes) is 1. The fourth-order valence-corrected chi connectivity index (χ4v) is 1.08. The average Bonchev–Trinajstić information content (AvgIpc) is 2.05. The average molecular weight is 158 g/mol. The topological polar surface area (TPSA) is 15.3 Å². The van der Waals surface area contributed by atoms with Crippen molar-refractivity contribution < 1.29 is 0 Å². The minimum atomic E-state index is 1.11. The standard InChI is InChI=1S/C9H22N2/c1-4-6-8-11(5-2)9-7-10-3/h10H,4-9H2,1-3H3. The van der Waals surface area contributed by atoms with Crippen LogP contribution in [-0.2, 0) is 0 Å². The van der Waals surface area contributed by atoms with Crippen LogP contribution in [-0.4, -0.2) is 38.1 Å². The van der Waals surface area contributed by atoms with E-state index in [9.17, 15) is 0 Å². The maximum Gasteiger partial charge on any atom is 0.0107 e. The molecule has 1 N–H and O–H groups in total. The van der Waals surface area contributed by atoms with Gasteiger partial charge in [0.05, 0.1) is 0 Å². The fraction of sp³-hybridized carbons (Fsp3) is 1.00. The summed E-state index contributed by atoms with van der Waals surface area (Å²) in [4.78, 5) is 2.49. The van der Waals surface area contributed by atoms with Crippen LogP contribution in [0.4, 0.5) is 0 Å². The van der Waals surface area contributed by atoms with E-state index in [2.05, 4.69) is 24.1 Å². The van der Waals surface area contributed by atoms with Crippen LogP contribution in [0.3, 0.4) is 0 Å². The summed E-state index contributed by atoms with van der Waals surface area (Å²) in [6.07, 6.45) is 2.63. The molecule has 0 aromatic heterocycles. The van der Waals surface area contributed by atoms with E-state index in [1.165, 1.54) is 32.5 Å². The lowest BCUT2D eigenvalue weighted by Gasteiger charge is -2.19. The van der Waals surface area contributed by atoms with Crippen molar-refractivity contribution in [1.29, 1.82) is 0 Å². The third-order valence-electron chi connectivity index (χ3n) is 1.95. The highest BCUT2D eigenvalue weighted by molar-refractivity contribution is 4.55. The van der Waals surface area contributed by atoms with Gasteiger partial charge in [-0.25, -0.2) is 0 Å². The Morgan fingerprint density at radius 1 is 1.18 bits per heavy atom. The number of nitrogens with one attached hydrogen (secondary N) is 1. The second kappa shape index (κ2) is 8.02. The second-order valence-electron chi connectivity index (χ2n) is 2.89. The van der Waals surface area contributed by atoms with Gasteiger partial charge in [-0.15, -0.1) is 0 Å². The fourth-order valence-electron chi connectivity index (χ4n) is 1.08. The van der Waals surface area contributed by atoms with Gasteiger partial charge in [0.25, 0.3) is 0 Å². The minimum Gasteiger partial charge on any atom is -0.318 e. The molecule has 0 bridgehead atoms. The van der Waals surface area contributed by atoms with Crippen LogP contribution in [0.1, 0.15) is 26.7 Å². The predicted octanol–water partition coefficient (Wildman–Crippen LogP) is 1.33. The first-order chi connectivity index (χ1) is 5.35. The molecule has 0 fully saturated rings. The van der Waals surface area contributed by atoms with Gasteiger partial charge in [-0.1, -0.05) is 20.3 Å². The van der Waals surface area contributed by atoms with Crippen LogP contribution in [0.5, 0.6) is 0 Å². The van der Waals surface area contributed by atoms with Crippen molar-refractivity contribution >= 4 is 0 Å². The monoisotopic (exact) mass is 158 g/mol. The first kappa shape index (κ1) is 10.9. The minimum absolute atomic E-state index is 1.11. The van der Waals surface area contributed by atoms with Gasteiger partial charge in [-0.3, -0.25) is 0 Å². The van der Waals surface area contributed by atoms with Crippen molar-refractivity contribution in [2.45, 2.75) is 26.7 Å². The Labute approximate surface area is 71.0 Å². The first-order valence-electron chi connectivity index (χ1n) is 4.72. The summed E-state index contributed by atoms with van der Waals surface area (Å²) in [5, 5.41) is 3.17. The van der Waals surface area contributed by atoms with E-state index in [-0.39, 0.29) is 0 Å². The van der Waals surface area contributed by atoms with E-state index >= 15 is 0 Å². The Kier molecular flexibility index (Phi) is 7.96. The lowest BCUT2D eigenvalue weighted by atomic mass is 10.3. The first-order valence-corrected chi connectivity index (χ1v) is 4.72. The van der Waals surface area contributed by atoms with Crippen molar-refractivity contribution in [3.63, 3.8) is 0 Å². The number of hydrogen-bond acceptors (Lipinski definition) is 2. The molecule has 2 heteroatoms. The van der Waals surface area contributed by atoms with Crippen LogP contribution in [0, 0.1) is 0 Å². The quantitative estimate of drug-likeness (QED) is 0.601. The van der Waals surface area contributed by atoms with Crippen molar-refractivity contribution in [3.8, 4) is 0 Å². The number of hydrogen-bond donors (Lipinski definition) is 1. The Morgan fingerprint density at radius 2 is 1.91 bits per heavy atom. The highest BCUT2D eigenvalue weighted by atomic mass is 15.1. The molecular weight excluding hydrogens is 136 g/mol. The van der Waals surface area contributed by atoms with Crippen molar-refractivity contribution in [1.82, 2.24) is 10.2 Å². The van der Waals surface area contributed by atoms with Gasteiger partial charge >= 0.3 is 0 Å². The van der Waals surface area contributed by atoms with E-state index in [1.807, 2.05) is 7.05 Å². The van der Waals surface area contributed by atoms with E-state index in [4.69, 9.17) is 0 Å². The lowest BCUT2D eigenvalue weighted by molar-refractivity contribution is 0.285. The molecule has 0 amide bonds. The smallest absolute Gasteiger partial charge is 0.0107 e. The highest BCUT2D eigenvalue weighted by Crippen LogP contribution is 1.92. The molecule has 0 aliphatic heterocycles. The molecule has 11 heavy (non-hydrogen) atoms. The van der Waals surface area contributed by atoms with Gasteiger partial charge in [0.15, 0.2) is 0 Å². The van der Waals surface area contributed by atoms with Gasteiger partial charge in [0.1, 0.15) is 0 Å². The largest absolute Gasteiger partial charge is 0.318 e. The molecular formula is C9H22N2.